The number of ether oxygens (including phenoxy) is 1. The van der Waals surface area contributed by atoms with E-state index < -0.39 is 5.79 Å². The average Bonchev–Trinajstić information content (AvgIpc) is 2.22. The molecule has 0 aliphatic heterocycles. The van der Waals surface area contributed by atoms with E-state index in [-0.39, 0.29) is 0 Å². The zero-order chi connectivity index (χ0) is 6.36. The molecule has 1 aliphatic rings. The maximum atomic E-state index is 9.25. The molecule has 1 saturated carbocycles. The lowest BCUT2D eigenvalue weighted by atomic mass is 10.4. The van der Waals surface area contributed by atoms with Crippen molar-refractivity contribution in [2.45, 2.75) is 19.6 Å². The van der Waals surface area contributed by atoms with Gasteiger partial charge in [0.15, 0.2) is 5.79 Å². The third-order valence-corrected chi connectivity index (χ3v) is 2.27. The van der Waals surface area contributed by atoms with E-state index in [0.29, 0.717) is 11.8 Å². The smallest absolute Gasteiger partial charge is 0.171 e. The predicted molar refractivity (Wildman–Crippen MR) is 30.3 cm³/mol. The molecule has 2 heteroatoms. The Bertz CT molecular complexity index is 92.7. The molecule has 1 N–H and O–H groups in total. The molecule has 8 heavy (non-hydrogen) atoms. The lowest BCUT2D eigenvalue weighted by molar-refractivity contribution is -0.120. The van der Waals surface area contributed by atoms with E-state index in [4.69, 9.17) is 4.74 Å². The van der Waals surface area contributed by atoms with Crippen LogP contribution in [0.4, 0.5) is 0 Å². The number of hydrogen-bond acceptors (Lipinski definition) is 2. The Labute approximate surface area is 49.5 Å². The molecule has 1 unspecified atom stereocenters. The number of aliphatic hydroxyl groups is 1. The molecule has 3 atom stereocenters. The average molecular weight is 116 g/mol. The molecule has 2 nitrogen and oxygen atoms in total. The molecule has 0 aromatic carbocycles. The van der Waals surface area contributed by atoms with Gasteiger partial charge >= 0.3 is 0 Å². The van der Waals surface area contributed by atoms with Crippen LogP contribution in [0, 0.1) is 11.8 Å². The van der Waals surface area contributed by atoms with Gasteiger partial charge in [0.05, 0.1) is 0 Å². The summed E-state index contributed by atoms with van der Waals surface area (Å²) in [6.45, 7) is 3.96. The van der Waals surface area contributed by atoms with Crippen molar-refractivity contribution >= 4 is 0 Å². The highest BCUT2D eigenvalue weighted by atomic mass is 16.6. The van der Waals surface area contributed by atoms with Gasteiger partial charge in [-0.05, 0) is 0 Å². The van der Waals surface area contributed by atoms with Gasteiger partial charge in [0, 0.05) is 18.9 Å². The van der Waals surface area contributed by atoms with E-state index in [1.165, 1.54) is 0 Å². The van der Waals surface area contributed by atoms with Crippen molar-refractivity contribution in [3.63, 3.8) is 0 Å². The second kappa shape index (κ2) is 1.45. The van der Waals surface area contributed by atoms with E-state index in [2.05, 4.69) is 0 Å². The summed E-state index contributed by atoms with van der Waals surface area (Å²) in [6, 6.07) is 0. The maximum Gasteiger partial charge on any atom is 0.171 e. The highest BCUT2D eigenvalue weighted by molar-refractivity contribution is 4.99. The van der Waals surface area contributed by atoms with Gasteiger partial charge in [-0.3, -0.25) is 0 Å². The monoisotopic (exact) mass is 116 g/mol. The highest BCUT2D eigenvalue weighted by Crippen LogP contribution is 2.49. The van der Waals surface area contributed by atoms with Crippen LogP contribution in [0.5, 0.6) is 0 Å². The molecule has 0 aromatic rings. The fourth-order valence-corrected chi connectivity index (χ4v) is 1.09. The maximum absolute atomic E-state index is 9.25. The van der Waals surface area contributed by atoms with Crippen LogP contribution in [0.1, 0.15) is 13.8 Å². The third kappa shape index (κ3) is 0.501. The van der Waals surface area contributed by atoms with Crippen molar-refractivity contribution in [3.8, 4) is 0 Å². The van der Waals surface area contributed by atoms with Crippen LogP contribution in [-0.2, 0) is 4.74 Å². The fourth-order valence-electron chi connectivity index (χ4n) is 1.09. The van der Waals surface area contributed by atoms with E-state index in [1.807, 2.05) is 13.8 Å². The Hall–Kier alpha value is -0.0800. The Balaban J connectivity index is 2.50. The minimum Gasteiger partial charge on any atom is -0.365 e. The molecular weight excluding hydrogens is 104 g/mol. The van der Waals surface area contributed by atoms with Gasteiger partial charge in [-0.15, -0.1) is 0 Å². The molecule has 0 saturated heterocycles. The van der Waals surface area contributed by atoms with Crippen LogP contribution in [0.15, 0.2) is 0 Å². The van der Waals surface area contributed by atoms with E-state index in [0.717, 1.165) is 0 Å². The van der Waals surface area contributed by atoms with Crippen molar-refractivity contribution in [1.82, 2.24) is 0 Å². The molecule has 0 amide bonds. The minimum atomic E-state index is -0.792. The number of methoxy groups -OCH3 is 1. The van der Waals surface area contributed by atoms with Crippen molar-refractivity contribution < 1.29 is 9.84 Å². The van der Waals surface area contributed by atoms with Crippen molar-refractivity contribution in [1.29, 1.82) is 0 Å². The van der Waals surface area contributed by atoms with Gasteiger partial charge in [-0.2, -0.15) is 0 Å². The Kier molecular flexibility index (Phi) is 1.10. The normalized spacial score (nSPS) is 54.0. The summed E-state index contributed by atoms with van der Waals surface area (Å²) in [6.07, 6.45) is 0. The van der Waals surface area contributed by atoms with Crippen LogP contribution in [0.3, 0.4) is 0 Å². The van der Waals surface area contributed by atoms with E-state index in [9.17, 15) is 5.11 Å². The number of hydrogen-bond donors (Lipinski definition) is 1. The summed E-state index contributed by atoms with van der Waals surface area (Å²) >= 11 is 0. The summed E-state index contributed by atoms with van der Waals surface area (Å²) in [5.74, 6) is -0.167. The second-order valence-electron chi connectivity index (χ2n) is 2.53. The molecule has 0 aromatic heterocycles. The zero-order valence-electron chi connectivity index (χ0n) is 5.51. The van der Waals surface area contributed by atoms with E-state index >= 15 is 0 Å². The van der Waals surface area contributed by atoms with Crippen LogP contribution >= 0.6 is 0 Å². The van der Waals surface area contributed by atoms with Gasteiger partial charge in [0.25, 0.3) is 0 Å². The minimum absolute atomic E-state index is 0.312. The first-order valence-corrected chi connectivity index (χ1v) is 2.90. The zero-order valence-corrected chi connectivity index (χ0v) is 5.51. The van der Waals surface area contributed by atoms with Gasteiger partial charge in [0.1, 0.15) is 0 Å². The van der Waals surface area contributed by atoms with Crippen LogP contribution in [0.2, 0.25) is 0 Å². The summed E-state index contributed by atoms with van der Waals surface area (Å²) in [5, 5.41) is 9.25. The molecule has 48 valence electrons. The van der Waals surface area contributed by atoms with Crippen molar-refractivity contribution in [2.75, 3.05) is 7.11 Å². The molecule has 1 aliphatic carbocycles. The first-order valence-electron chi connectivity index (χ1n) is 2.90. The van der Waals surface area contributed by atoms with Crippen molar-refractivity contribution in [2.24, 2.45) is 11.8 Å². The third-order valence-electron chi connectivity index (χ3n) is 2.27. The lowest BCUT2D eigenvalue weighted by Crippen LogP contribution is -2.13. The van der Waals surface area contributed by atoms with Gasteiger partial charge in [-0.25, -0.2) is 0 Å². The molecule has 0 radical (unpaired) electrons. The summed E-state index contributed by atoms with van der Waals surface area (Å²) in [4.78, 5) is 0. The Morgan fingerprint density at radius 2 is 1.75 bits per heavy atom. The summed E-state index contributed by atoms with van der Waals surface area (Å²) in [5.41, 5.74) is 0. The topological polar surface area (TPSA) is 29.5 Å². The first-order chi connectivity index (χ1) is 3.63. The van der Waals surface area contributed by atoms with Gasteiger partial charge in [-0.1, -0.05) is 13.8 Å². The predicted octanol–water partition coefficient (Wildman–Crippen LogP) is 0.607. The highest BCUT2D eigenvalue weighted by Gasteiger charge is 2.59. The lowest BCUT2D eigenvalue weighted by Gasteiger charge is -2.04. The largest absolute Gasteiger partial charge is 0.365 e. The molecule has 0 spiro atoms. The molecule has 1 rings (SSSR count). The van der Waals surface area contributed by atoms with Gasteiger partial charge in [0.2, 0.25) is 0 Å². The second-order valence-corrected chi connectivity index (χ2v) is 2.53. The van der Waals surface area contributed by atoms with Crippen molar-refractivity contribution in [3.05, 3.63) is 0 Å². The quantitative estimate of drug-likeness (QED) is 0.508. The molecule has 0 bridgehead atoms. The number of rotatable bonds is 1. The molecular formula is C6H12O2. The van der Waals surface area contributed by atoms with Crippen LogP contribution in [-0.4, -0.2) is 18.0 Å². The standard InChI is InChI=1S/C6H12O2/c1-4-5(2)6(4,7)8-3/h4-5,7H,1-3H3/t4-,5+,6?. The SMILES string of the molecule is COC1(O)[C@H](C)[C@@H]1C. The molecule has 0 heterocycles. The van der Waals surface area contributed by atoms with Crippen LogP contribution < -0.4 is 0 Å². The fraction of sp³-hybridized carbons (Fsp3) is 1.00. The van der Waals surface area contributed by atoms with Gasteiger partial charge < -0.3 is 9.84 Å². The Morgan fingerprint density at radius 1 is 1.38 bits per heavy atom. The summed E-state index contributed by atoms with van der Waals surface area (Å²) in [7, 11) is 1.54. The summed E-state index contributed by atoms with van der Waals surface area (Å²) < 4.78 is 4.83. The van der Waals surface area contributed by atoms with Crippen LogP contribution in [0.25, 0.3) is 0 Å². The Morgan fingerprint density at radius 3 is 1.75 bits per heavy atom. The first kappa shape index (κ1) is 6.05. The van der Waals surface area contributed by atoms with E-state index in [1.54, 1.807) is 7.11 Å². The molecule has 1 fully saturated rings.